The van der Waals surface area contributed by atoms with E-state index in [4.69, 9.17) is 5.11 Å². The van der Waals surface area contributed by atoms with E-state index in [1.165, 1.54) is 11.8 Å². The van der Waals surface area contributed by atoms with Gasteiger partial charge in [0.2, 0.25) is 0 Å². The lowest BCUT2D eigenvalue weighted by atomic mass is 10.8. The van der Waals surface area contributed by atoms with Gasteiger partial charge in [0, 0.05) is 0 Å². The van der Waals surface area contributed by atoms with Crippen LogP contribution in [0.25, 0.3) is 0 Å². The Kier molecular flexibility index (Phi) is 10.8. The first-order valence-electron chi connectivity index (χ1n) is 2.07. The van der Waals surface area contributed by atoms with Gasteiger partial charge in [0.15, 0.2) is 0 Å². The Labute approximate surface area is 69.2 Å². The van der Waals surface area contributed by atoms with Gasteiger partial charge < -0.3 is 5.11 Å². The number of rotatable bonds is 3. The minimum Gasteiger partial charge on any atom is -0.481 e. The Hall–Kier alpha value is 0.586. The molecule has 0 aliphatic heterocycles. The van der Waals surface area contributed by atoms with Crippen molar-refractivity contribution in [3.05, 3.63) is 0 Å². The fraction of sp³-hybridized carbons (Fsp3) is 0.750. The normalized spacial score (nSPS) is 7.62. The maximum Gasteiger partial charge on any atom is 0.316 e. The summed E-state index contributed by atoms with van der Waals surface area (Å²) in [7, 11) is 0. The van der Waals surface area contributed by atoms with Gasteiger partial charge in [-0.2, -0.15) is 11.8 Å². The van der Waals surface area contributed by atoms with Gasteiger partial charge in [-0.05, 0) is 5.75 Å². The van der Waals surface area contributed by atoms with Crippen LogP contribution in [-0.4, -0.2) is 45.6 Å². The molecule has 0 radical (unpaired) electrons. The van der Waals surface area contributed by atoms with Crippen LogP contribution in [0, 0.1) is 0 Å². The molecule has 0 aliphatic carbocycles. The molecule has 0 atom stereocenters. The highest BCUT2D eigenvalue weighted by Crippen LogP contribution is 1.95. The highest BCUT2D eigenvalue weighted by molar-refractivity contribution is 7.99. The fourth-order valence-corrected chi connectivity index (χ4v) is 0.568. The summed E-state index contributed by atoms with van der Waals surface area (Å²) >= 11 is 1.42. The van der Waals surface area contributed by atoms with Crippen LogP contribution in [-0.2, 0) is 4.79 Å². The highest BCUT2D eigenvalue weighted by atomic mass is 32.2. The van der Waals surface area contributed by atoms with Crippen molar-refractivity contribution in [1.82, 2.24) is 0 Å². The van der Waals surface area contributed by atoms with Crippen molar-refractivity contribution in [1.29, 1.82) is 0 Å². The van der Waals surface area contributed by atoms with E-state index in [1.807, 2.05) is 6.92 Å². The second kappa shape index (κ2) is 7.59. The summed E-state index contributed by atoms with van der Waals surface area (Å²) in [5, 5.41) is 8.02. The van der Waals surface area contributed by atoms with Crippen molar-refractivity contribution >= 4 is 40.8 Å². The fourth-order valence-electron chi connectivity index (χ4n) is 0.189. The SMILES string of the molecule is CCSCC(=O)O.[MgH2]. The van der Waals surface area contributed by atoms with Crippen LogP contribution in [0.2, 0.25) is 0 Å². The average Bonchev–Trinajstić information content (AvgIpc) is 1.61. The van der Waals surface area contributed by atoms with Gasteiger partial charge >= 0.3 is 29.0 Å². The molecule has 0 fully saturated rings. The van der Waals surface area contributed by atoms with Crippen LogP contribution >= 0.6 is 11.8 Å². The largest absolute Gasteiger partial charge is 0.481 e. The van der Waals surface area contributed by atoms with E-state index in [0.717, 1.165) is 5.75 Å². The Morgan fingerprint density at radius 1 is 1.75 bits per heavy atom. The number of carboxylic acids is 1. The van der Waals surface area contributed by atoms with Gasteiger partial charge in [-0.15, -0.1) is 0 Å². The van der Waals surface area contributed by atoms with E-state index in [9.17, 15) is 4.79 Å². The molecule has 8 heavy (non-hydrogen) atoms. The highest BCUT2D eigenvalue weighted by Gasteiger charge is 1.91. The topological polar surface area (TPSA) is 37.3 Å². The summed E-state index contributed by atoms with van der Waals surface area (Å²) in [5.74, 6) is 0.384. The number of thioether (sulfide) groups is 1. The third-order valence-corrected chi connectivity index (χ3v) is 1.29. The van der Waals surface area contributed by atoms with E-state index >= 15 is 0 Å². The molecule has 0 aromatic rings. The molecule has 46 valence electrons. The van der Waals surface area contributed by atoms with Crippen LogP contribution in [0.15, 0.2) is 0 Å². The first kappa shape index (κ1) is 11.4. The van der Waals surface area contributed by atoms with E-state index in [0.29, 0.717) is 0 Å². The molecule has 0 aliphatic rings. The van der Waals surface area contributed by atoms with Crippen molar-refractivity contribution in [2.45, 2.75) is 6.92 Å². The number of hydrogen-bond donors (Lipinski definition) is 1. The average molecular weight is 146 g/mol. The molecular formula is C4H10MgO2S. The van der Waals surface area contributed by atoms with Crippen molar-refractivity contribution in [3.63, 3.8) is 0 Å². The van der Waals surface area contributed by atoms with Crippen molar-refractivity contribution in [3.8, 4) is 0 Å². The van der Waals surface area contributed by atoms with E-state index in [2.05, 4.69) is 0 Å². The lowest BCUT2D eigenvalue weighted by Gasteiger charge is -1.86. The maximum absolute atomic E-state index is 9.74. The Morgan fingerprint density at radius 2 is 2.25 bits per heavy atom. The van der Waals surface area contributed by atoms with Crippen LogP contribution < -0.4 is 0 Å². The molecule has 0 heterocycles. The summed E-state index contributed by atoms with van der Waals surface area (Å²) in [6, 6.07) is 0. The van der Waals surface area contributed by atoms with Crippen molar-refractivity contribution < 1.29 is 9.90 Å². The summed E-state index contributed by atoms with van der Waals surface area (Å²) < 4.78 is 0. The van der Waals surface area contributed by atoms with Crippen LogP contribution in [0.1, 0.15) is 6.92 Å². The lowest BCUT2D eigenvalue weighted by Crippen LogP contribution is -1.97. The number of carbonyl (C=O) groups is 1. The van der Waals surface area contributed by atoms with Crippen LogP contribution in [0.4, 0.5) is 0 Å². The van der Waals surface area contributed by atoms with Gasteiger partial charge in [-0.1, -0.05) is 6.92 Å². The zero-order chi connectivity index (χ0) is 5.70. The summed E-state index contributed by atoms with van der Waals surface area (Å²) in [6.07, 6.45) is 0. The molecule has 0 bridgehead atoms. The molecule has 0 aromatic heterocycles. The quantitative estimate of drug-likeness (QED) is 0.566. The molecule has 0 aromatic carbocycles. The smallest absolute Gasteiger partial charge is 0.316 e. The third kappa shape index (κ3) is 9.77. The molecular weight excluding hydrogens is 136 g/mol. The summed E-state index contributed by atoms with van der Waals surface area (Å²) in [6.45, 7) is 1.94. The Bertz CT molecular complexity index is 67.1. The van der Waals surface area contributed by atoms with Gasteiger partial charge in [0.1, 0.15) is 0 Å². The minimum absolute atomic E-state index is 0. The first-order chi connectivity index (χ1) is 3.27. The number of carboxylic acid groups (broad SMARTS) is 1. The molecule has 0 amide bonds. The standard InChI is InChI=1S/C4H8O2S.Mg.2H/c1-2-7-3-4(5)6;;;/h2-3H2,1H3,(H,5,6);;;. The lowest BCUT2D eigenvalue weighted by molar-refractivity contribution is -0.133. The van der Waals surface area contributed by atoms with E-state index < -0.39 is 5.97 Å². The summed E-state index contributed by atoms with van der Waals surface area (Å²) in [5.41, 5.74) is 0. The zero-order valence-electron chi connectivity index (χ0n) is 4.18. The minimum atomic E-state index is -0.730. The predicted octanol–water partition coefficient (Wildman–Crippen LogP) is -0.0921. The molecule has 0 saturated carbocycles. The molecule has 1 N–H and O–H groups in total. The van der Waals surface area contributed by atoms with Crippen molar-refractivity contribution in [2.24, 2.45) is 0 Å². The van der Waals surface area contributed by atoms with Crippen LogP contribution in [0.3, 0.4) is 0 Å². The van der Waals surface area contributed by atoms with Crippen molar-refractivity contribution in [2.75, 3.05) is 11.5 Å². The number of hydrogen-bond acceptors (Lipinski definition) is 2. The van der Waals surface area contributed by atoms with Crippen LogP contribution in [0.5, 0.6) is 0 Å². The molecule has 4 heteroatoms. The molecule has 2 nitrogen and oxygen atoms in total. The number of aliphatic carboxylic acids is 1. The van der Waals surface area contributed by atoms with Gasteiger partial charge in [-0.25, -0.2) is 0 Å². The van der Waals surface area contributed by atoms with E-state index in [1.54, 1.807) is 0 Å². The Balaban J connectivity index is 0. The monoisotopic (exact) mass is 146 g/mol. The van der Waals surface area contributed by atoms with Gasteiger partial charge in [-0.3, -0.25) is 4.79 Å². The maximum atomic E-state index is 9.74. The second-order valence-electron chi connectivity index (χ2n) is 1.03. The molecule has 0 unspecified atom stereocenters. The Morgan fingerprint density at radius 3 is 2.38 bits per heavy atom. The third-order valence-electron chi connectivity index (χ3n) is 0.430. The molecule has 0 rings (SSSR count). The molecule has 0 spiro atoms. The van der Waals surface area contributed by atoms with Gasteiger partial charge in [0.05, 0.1) is 5.75 Å². The summed E-state index contributed by atoms with van der Waals surface area (Å²) in [4.78, 5) is 9.74. The second-order valence-corrected chi connectivity index (χ2v) is 2.31. The zero-order valence-corrected chi connectivity index (χ0v) is 4.99. The first-order valence-corrected chi connectivity index (χ1v) is 3.22. The molecule has 0 saturated heterocycles. The van der Waals surface area contributed by atoms with E-state index in [-0.39, 0.29) is 28.8 Å². The predicted molar refractivity (Wildman–Crippen MR) is 39.2 cm³/mol. The van der Waals surface area contributed by atoms with Gasteiger partial charge in [0.25, 0.3) is 0 Å².